The van der Waals surface area contributed by atoms with Crippen LogP contribution >= 0.6 is 0 Å². The Balaban J connectivity index is 3.29. The van der Waals surface area contributed by atoms with Crippen LogP contribution in [0.25, 0.3) is 0 Å². The van der Waals surface area contributed by atoms with E-state index in [1.54, 1.807) is 0 Å². The Morgan fingerprint density at radius 2 is 2.25 bits per heavy atom. The molecule has 6 heteroatoms. The second-order valence-corrected chi connectivity index (χ2v) is 2.07. The van der Waals surface area contributed by atoms with E-state index in [0.29, 0.717) is 5.69 Å². The van der Waals surface area contributed by atoms with Gasteiger partial charge in [-0.15, -0.1) is 0 Å². The topological polar surface area (TPSA) is 78.2 Å². The highest BCUT2D eigenvalue weighted by atomic mass is 16.6. The smallest absolute Gasteiger partial charge is 0.351 e. The van der Waals surface area contributed by atoms with Gasteiger partial charge in [-0.1, -0.05) is 0 Å². The number of ether oxygens (including phenoxy) is 1. The van der Waals surface area contributed by atoms with Crippen molar-refractivity contribution in [3.05, 3.63) is 22.1 Å². The molecular formula is C6H7N3O3. The molecule has 0 radical (unpaired) electrons. The highest BCUT2D eigenvalue weighted by Gasteiger charge is 2.19. The van der Waals surface area contributed by atoms with Gasteiger partial charge in [-0.2, -0.15) is 4.98 Å². The van der Waals surface area contributed by atoms with E-state index in [1.165, 1.54) is 20.4 Å². The molecule has 0 atom stereocenters. The van der Waals surface area contributed by atoms with E-state index >= 15 is 0 Å². The van der Waals surface area contributed by atoms with Gasteiger partial charge in [-0.25, -0.2) is 4.98 Å². The van der Waals surface area contributed by atoms with Crippen LogP contribution in [0.4, 0.5) is 5.69 Å². The molecule has 0 bridgehead atoms. The van der Waals surface area contributed by atoms with E-state index in [1.807, 2.05) is 0 Å². The van der Waals surface area contributed by atoms with Crippen LogP contribution < -0.4 is 4.74 Å². The van der Waals surface area contributed by atoms with E-state index in [-0.39, 0.29) is 11.6 Å². The molecule has 0 unspecified atom stereocenters. The summed E-state index contributed by atoms with van der Waals surface area (Å²) in [5.41, 5.74) is 0.117. The van der Waals surface area contributed by atoms with Crippen molar-refractivity contribution >= 4 is 5.69 Å². The van der Waals surface area contributed by atoms with Gasteiger partial charge in [0.1, 0.15) is 12.0 Å². The standard InChI is InChI=1S/C6H7N3O3/c1-4-5(9(10)11)6(12-2)8-3-7-4/h3H,1-2H3. The number of aryl methyl sites for hydroxylation is 1. The summed E-state index contributed by atoms with van der Waals surface area (Å²) in [5.74, 6) is -0.00694. The summed E-state index contributed by atoms with van der Waals surface area (Å²) >= 11 is 0. The lowest BCUT2D eigenvalue weighted by Crippen LogP contribution is -2.00. The van der Waals surface area contributed by atoms with E-state index < -0.39 is 4.92 Å². The number of nitro groups is 1. The third-order valence-electron chi connectivity index (χ3n) is 1.35. The van der Waals surface area contributed by atoms with Gasteiger partial charge in [-0.05, 0) is 6.92 Å². The molecule has 0 amide bonds. The van der Waals surface area contributed by atoms with Crippen molar-refractivity contribution in [2.24, 2.45) is 0 Å². The van der Waals surface area contributed by atoms with E-state index in [9.17, 15) is 10.1 Å². The molecule has 0 saturated heterocycles. The zero-order valence-corrected chi connectivity index (χ0v) is 6.64. The van der Waals surface area contributed by atoms with Crippen molar-refractivity contribution in [1.29, 1.82) is 0 Å². The average Bonchev–Trinajstić information content (AvgIpc) is 2.03. The minimum atomic E-state index is -0.561. The van der Waals surface area contributed by atoms with Gasteiger partial charge in [0.2, 0.25) is 0 Å². The molecule has 1 rings (SSSR count). The highest BCUT2D eigenvalue weighted by molar-refractivity contribution is 5.43. The molecule has 0 fully saturated rings. The zero-order chi connectivity index (χ0) is 9.14. The Kier molecular flexibility index (Phi) is 2.18. The van der Waals surface area contributed by atoms with Crippen LogP contribution in [0.15, 0.2) is 6.33 Å². The largest absolute Gasteiger partial charge is 0.476 e. The molecule has 1 aromatic rings. The van der Waals surface area contributed by atoms with Crippen molar-refractivity contribution < 1.29 is 9.66 Å². The van der Waals surface area contributed by atoms with Crippen molar-refractivity contribution in [3.63, 3.8) is 0 Å². The van der Waals surface area contributed by atoms with Crippen LogP contribution in [0.2, 0.25) is 0 Å². The summed E-state index contributed by atoms with van der Waals surface area (Å²) in [7, 11) is 1.33. The first-order valence-corrected chi connectivity index (χ1v) is 3.16. The molecule has 1 heterocycles. The molecule has 12 heavy (non-hydrogen) atoms. The Morgan fingerprint density at radius 3 is 2.67 bits per heavy atom. The fraction of sp³-hybridized carbons (Fsp3) is 0.333. The lowest BCUT2D eigenvalue weighted by molar-refractivity contribution is -0.387. The summed E-state index contributed by atoms with van der Waals surface area (Å²) in [6.45, 7) is 1.53. The maximum absolute atomic E-state index is 10.4. The predicted octanol–water partition coefficient (Wildman–Crippen LogP) is 0.702. The molecule has 64 valence electrons. The summed E-state index contributed by atoms with van der Waals surface area (Å²) in [6.07, 6.45) is 1.22. The number of rotatable bonds is 2. The monoisotopic (exact) mass is 169 g/mol. The maximum Gasteiger partial charge on any atom is 0.351 e. The van der Waals surface area contributed by atoms with Crippen molar-refractivity contribution in [1.82, 2.24) is 9.97 Å². The average molecular weight is 169 g/mol. The van der Waals surface area contributed by atoms with Gasteiger partial charge < -0.3 is 4.74 Å². The lowest BCUT2D eigenvalue weighted by atomic mass is 10.4. The van der Waals surface area contributed by atoms with Gasteiger partial charge in [0, 0.05) is 0 Å². The maximum atomic E-state index is 10.4. The molecule has 1 aromatic heterocycles. The predicted molar refractivity (Wildman–Crippen MR) is 40.0 cm³/mol. The van der Waals surface area contributed by atoms with Crippen molar-refractivity contribution in [2.75, 3.05) is 7.11 Å². The van der Waals surface area contributed by atoms with Crippen LogP contribution in [0.5, 0.6) is 5.88 Å². The fourth-order valence-corrected chi connectivity index (χ4v) is 0.805. The second kappa shape index (κ2) is 3.12. The number of hydrogen-bond acceptors (Lipinski definition) is 5. The van der Waals surface area contributed by atoms with E-state index in [0.717, 1.165) is 0 Å². The van der Waals surface area contributed by atoms with Crippen LogP contribution in [0.3, 0.4) is 0 Å². The van der Waals surface area contributed by atoms with E-state index in [4.69, 9.17) is 4.74 Å². The van der Waals surface area contributed by atoms with Gasteiger partial charge in [0.15, 0.2) is 0 Å². The molecule has 0 aliphatic carbocycles. The van der Waals surface area contributed by atoms with Gasteiger partial charge in [0.25, 0.3) is 5.88 Å². The van der Waals surface area contributed by atoms with Crippen LogP contribution in [-0.2, 0) is 0 Å². The first kappa shape index (κ1) is 8.38. The van der Waals surface area contributed by atoms with Crippen molar-refractivity contribution in [3.8, 4) is 5.88 Å². The first-order chi connectivity index (χ1) is 5.66. The third-order valence-corrected chi connectivity index (χ3v) is 1.35. The number of aromatic nitrogens is 2. The summed E-state index contributed by atoms with van der Waals surface area (Å²) < 4.78 is 4.69. The number of methoxy groups -OCH3 is 1. The first-order valence-electron chi connectivity index (χ1n) is 3.16. The molecular weight excluding hydrogens is 162 g/mol. The Hall–Kier alpha value is -1.72. The highest BCUT2D eigenvalue weighted by Crippen LogP contribution is 2.24. The number of nitrogens with zero attached hydrogens (tertiary/aromatic N) is 3. The lowest BCUT2D eigenvalue weighted by Gasteiger charge is -2.00. The zero-order valence-electron chi connectivity index (χ0n) is 6.64. The Bertz CT molecular complexity index is 313. The third kappa shape index (κ3) is 1.31. The summed E-state index contributed by atoms with van der Waals surface area (Å²) in [5, 5.41) is 10.4. The van der Waals surface area contributed by atoms with Gasteiger partial charge in [-0.3, -0.25) is 10.1 Å². The second-order valence-electron chi connectivity index (χ2n) is 2.07. The molecule has 0 aliphatic rings. The Morgan fingerprint density at radius 1 is 1.58 bits per heavy atom. The van der Waals surface area contributed by atoms with E-state index in [2.05, 4.69) is 9.97 Å². The van der Waals surface area contributed by atoms with Crippen LogP contribution in [-0.4, -0.2) is 22.0 Å². The summed E-state index contributed by atoms with van der Waals surface area (Å²) in [6, 6.07) is 0. The molecule has 0 spiro atoms. The van der Waals surface area contributed by atoms with Crippen LogP contribution in [0, 0.1) is 17.0 Å². The SMILES string of the molecule is COc1ncnc(C)c1[N+](=O)[O-]. The molecule has 0 aromatic carbocycles. The Labute approximate surface area is 68.4 Å². The van der Waals surface area contributed by atoms with Crippen molar-refractivity contribution in [2.45, 2.75) is 6.92 Å². The van der Waals surface area contributed by atoms with Gasteiger partial charge in [0.05, 0.1) is 12.0 Å². The minimum absolute atomic E-state index is 0.00694. The number of hydrogen-bond donors (Lipinski definition) is 0. The molecule has 0 N–H and O–H groups in total. The van der Waals surface area contributed by atoms with Gasteiger partial charge >= 0.3 is 5.69 Å². The molecule has 0 aliphatic heterocycles. The van der Waals surface area contributed by atoms with Crippen LogP contribution in [0.1, 0.15) is 5.69 Å². The summed E-state index contributed by atoms with van der Waals surface area (Å²) in [4.78, 5) is 17.2. The molecule has 6 nitrogen and oxygen atoms in total. The quantitative estimate of drug-likeness (QED) is 0.481. The minimum Gasteiger partial charge on any atom is -0.476 e. The normalized spacial score (nSPS) is 9.50. The fourth-order valence-electron chi connectivity index (χ4n) is 0.805. The molecule has 0 saturated carbocycles.